The molecule has 0 saturated heterocycles. The molecule has 1 heterocycles. The van der Waals surface area contributed by atoms with Crippen LogP contribution in [0.4, 0.5) is 5.69 Å². The van der Waals surface area contributed by atoms with Crippen molar-refractivity contribution in [2.24, 2.45) is 0 Å². The molecule has 1 aliphatic rings. The average Bonchev–Trinajstić information content (AvgIpc) is 2.83. The molecule has 1 aliphatic heterocycles. The highest BCUT2D eigenvalue weighted by molar-refractivity contribution is 5.98. The van der Waals surface area contributed by atoms with E-state index in [2.05, 4.69) is 6.92 Å². The zero-order valence-corrected chi connectivity index (χ0v) is 11.8. The number of hydrogen-bond acceptors (Lipinski definition) is 2. The maximum Gasteiger partial charge on any atom is 0.312 e. The van der Waals surface area contributed by atoms with Crippen molar-refractivity contribution in [2.75, 3.05) is 11.4 Å². The number of carboxylic acids is 1. The first-order valence-corrected chi connectivity index (χ1v) is 7.27. The van der Waals surface area contributed by atoms with Crippen LogP contribution in [0.1, 0.15) is 50.5 Å². The van der Waals surface area contributed by atoms with Crippen LogP contribution in [0, 0.1) is 0 Å². The molecule has 4 heteroatoms. The number of carboxylic acid groups (broad SMARTS) is 1. The van der Waals surface area contributed by atoms with Crippen molar-refractivity contribution in [3.8, 4) is 0 Å². The first kappa shape index (κ1) is 14.6. The first-order valence-electron chi connectivity index (χ1n) is 7.27. The van der Waals surface area contributed by atoms with Crippen molar-refractivity contribution in [1.82, 2.24) is 0 Å². The van der Waals surface area contributed by atoms with Gasteiger partial charge in [0.05, 0.1) is 0 Å². The van der Waals surface area contributed by atoms with E-state index in [9.17, 15) is 14.7 Å². The van der Waals surface area contributed by atoms with Gasteiger partial charge in [-0.2, -0.15) is 0 Å². The van der Waals surface area contributed by atoms with Crippen molar-refractivity contribution in [1.29, 1.82) is 0 Å². The van der Waals surface area contributed by atoms with Gasteiger partial charge in [-0.3, -0.25) is 9.59 Å². The number of rotatable bonds is 6. The number of nitrogens with zero attached hydrogens (tertiary/aromatic N) is 1. The number of carbonyl (C=O) groups excluding carboxylic acids is 1. The van der Waals surface area contributed by atoms with Crippen LogP contribution in [0.2, 0.25) is 0 Å². The zero-order valence-electron chi connectivity index (χ0n) is 11.8. The van der Waals surface area contributed by atoms with Crippen LogP contribution in [0.15, 0.2) is 24.3 Å². The molecule has 108 valence electrons. The SMILES string of the molecule is CCCCCCC(=O)N1CC(C(=O)O)c2ccccc21. The summed E-state index contributed by atoms with van der Waals surface area (Å²) in [4.78, 5) is 25.2. The number of benzene rings is 1. The molecule has 0 radical (unpaired) electrons. The van der Waals surface area contributed by atoms with Crippen molar-refractivity contribution in [3.63, 3.8) is 0 Å². The monoisotopic (exact) mass is 275 g/mol. The summed E-state index contributed by atoms with van der Waals surface area (Å²) in [7, 11) is 0. The summed E-state index contributed by atoms with van der Waals surface area (Å²) in [6, 6.07) is 7.31. The van der Waals surface area contributed by atoms with Gasteiger partial charge >= 0.3 is 5.97 Å². The van der Waals surface area contributed by atoms with Gasteiger partial charge in [0.15, 0.2) is 0 Å². The van der Waals surface area contributed by atoms with Crippen molar-refractivity contribution in [3.05, 3.63) is 29.8 Å². The number of amides is 1. The normalized spacial score (nSPS) is 17.1. The maximum absolute atomic E-state index is 12.3. The minimum absolute atomic E-state index is 0.0392. The minimum Gasteiger partial charge on any atom is -0.481 e. The minimum atomic E-state index is -0.862. The van der Waals surface area contributed by atoms with Crippen LogP contribution < -0.4 is 4.90 Å². The molecule has 20 heavy (non-hydrogen) atoms. The smallest absolute Gasteiger partial charge is 0.312 e. The fourth-order valence-electron chi connectivity index (χ4n) is 2.69. The number of hydrogen-bond donors (Lipinski definition) is 1. The van der Waals surface area contributed by atoms with E-state index in [4.69, 9.17) is 0 Å². The lowest BCUT2D eigenvalue weighted by Crippen LogP contribution is -2.30. The van der Waals surface area contributed by atoms with E-state index in [0.717, 1.165) is 36.9 Å². The third kappa shape index (κ3) is 3.00. The number of unbranched alkanes of at least 4 members (excludes halogenated alkanes) is 3. The third-order valence-corrected chi connectivity index (χ3v) is 3.81. The van der Waals surface area contributed by atoms with Crippen LogP contribution >= 0.6 is 0 Å². The molecule has 1 aromatic carbocycles. The second-order valence-corrected chi connectivity index (χ2v) is 5.26. The predicted molar refractivity (Wildman–Crippen MR) is 77.9 cm³/mol. The Morgan fingerprint density at radius 3 is 2.70 bits per heavy atom. The Labute approximate surface area is 119 Å². The number of carbonyl (C=O) groups is 2. The molecule has 0 fully saturated rings. The van der Waals surface area contributed by atoms with Crippen LogP contribution in [0.3, 0.4) is 0 Å². The molecule has 0 aliphatic carbocycles. The Morgan fingerprint density at radius 1 is 1.25 bits per heavy atom. The first-order chi connectivity index (χ1) is 9.65. The van der Waals surface area contributed by atoms with Crippen LogP contribution in [-0.4, -0.2) is 23.5 Å². The topological polar surface area (TPSA) is 57.6 Å². The number of para-hydroxylation sites is 1. The second-order valence-electron chi connectivity index (χ2n) is 5.26. The Hall–Kier alpha value is -1.84. The van der Waals surface area contributed by atoms with E-state index in [1.54, 1.807) is 11.0 Å². The Kier molecular flexibility index (Phi) is 4.77. The standard InChI is InChI=1S/C16H21NO3/c1-2-3-4-5-10-15(18)17-11-13(16(19)20)12-8-6-7-9-14(12)17/h6-9,13H,2-5,10-11H2,1H3,(H,19,20). The number of aliphatic carboxylic acids is 1. The molecule has 1 N–H and O–H groups in total. The number of fused-ring (bicyclic) bond motifs is 1. The molecule has 0 spiro atoms. The van der Waals surface area contributed by atoms with E-state index in [-0.39, 0.29) is 12.5 Å². The molecule has 0 bridgehead atoms. The van der Waals surface area contributed by atoms with Gasteiger partial charge in [-0.1, -0.05) is 44.4 Å². The molecule has 0 saturated carbocycles. The molecule has 1 unspecified atom stereocenters. The molecule has 0 aromatic heterocycles. The molecule has 1 atom stereocenters. The van der Waals surface area contributed by atoms with Gasteiger partial charge in [-0.25, -0.2) is 0 Å². The summed E-state index contributed by atoms with van der Waals surface area (Å²) in [5.41, 5.74) is 1.52. The van der Waals surface area contributed by atoms with E-state index >= 15 is 0 Å². The maximum atomic E-state index is 12.3. The largest absolute Gasteiger partial charge is 0.481 e. The van der Waals surface area contributed by atoms with Gasteiger partial charge in [0.2, 0.25) is 5.91 Å². The van der Waals surface area contributed by atoms with E-state index in [0.29, 0.717) is 6.42 Å². The average molecular weight is 275 g/mol. The molecule has 2 rings (SSSR count). The van der Waals surface area contributed by atoms with Gasteiger partial charge in [0, 0.05) is 18.7 Å². The molecular formula is C16H21NO3. The van der Waals surface area contributed by atoms with Crippen molar-refractivity contribution in [2.45, 2.75) is 44.9 Å². The zero-order chi connectivity index (χ0) is 14.5. The molecule has 1 amide bonds. The molecule has 1 aromatic rings. The third-order valence-electron chi connectivity index (χ3n) is 3.81. The van der Waals surface area contributed by atoms with Crippen LogP contribution in [0.25, 0.3) is 0 Å². The summed E-state index contributed by atoms with van der Waals surface area (Å²) < 4.78 is 0. The number of anilines is 1. The summed E-state index contributed by atoms with van der Waals surface area (Å²) >= 11 is 0. The van der Waals surface area contributed by atoms with Crippen molar-refractivity contribution >= 4 is 17.6 Å². The van der Waals surface area contributed by atoms with E-state index in [1.165, 1.54) is 0 Å². The highest BCUT2D eigenvalue weighted by atomic mass is 16.4. The lowest BCUT2D eigenvalue weighted by atomic mass is 10.0. The highest BCUT2D eigenvalue weighted by Crippen LogP contribution is 2.36. The van der Waals surface area contributed by atoms with Gasteiger partial charge in [0.1, 0.15) is 5.92 Å². The van der Waals surface area contributed by atoms with E-state index < -0.39 is 11.9 Å². The molecular weight excluding hydrogens is 254 g/mol. The Bertz CT molecular complexity index is 498. The Balaban J connectivity index is 2.06. The van der Waals surface area contributed by atoms with E-state index in [1.807, 2.05) is 18.2 Å². The fourth-order valence-corrected chi connectivity index (χ4v) is 2.69. The highest BCUT2D eigenvalue weighted by Gasteiger charge is 2.35. The van der Waals surface area contributed by atoms with Gasteiger partial charge < -0.3 is 10.0 Å². The molecule has 4 nitrogen and oxygen atoms in total. The summed E-state index contributed by atoms with van der Waals surface area (Å²) in [5.74, 6) is -1.41. The van der Waals surface area contributed by atoms with Gasteiger partial charge in [-0.15, -0.1) is 0 Å². The fraction of sp³-hybridized carbons (Fsp3) is 0.500. The lowest BCUT2D eigenvalue weighted by molar-refractivity contribution is -0.138. The van der Waals surface area contributed by atoms with Gasteiger partial charge in [0.25, 0.3) is 0 Å². The second kappa shape index (κ2) is 6.55. The van der Waals surface area contributed by atoms with Gasteiger partial charge in [-0.05, 0) is 18.1 Å². The summed E-state index contributed by atoms with van der Waals surface area (Å²) in [6.07, 6.45) is 4.72. The Morgan fingerprint density at radius 2 is 2.00 bits per heavy atom. The predicted octanol–water partition coefficient (Wildman–Crippen LogP) is 3.17. The van der Waals surface area contributed by atoms with Crippen LogP contribution in [0.5, 0.6) is 0 Å². The summed E-state index contributed by atoms with van der Waals surface area (Å²) in [5, 5.41) is 9.27. The van der Waals surface area contributed by atoms with Crippen LogP contribution in [-0.2, 0) is 9.59 Å². The summed E-state index contributed by atoms with van der Waals surface area (Å²) in [6.45, 7) is 2.40. The van der Waals surface area contributed by atoms with Crippen molar-refractivity contribution < 1.29 is 14.7 Å². The lowest BCUT2D eigenvalue weighted by Gasteiger charge is -2.17. The quantitative estimate of drug-likeness (QED) is 0.811.